The summed E-state index contributed by atoms with van der Waals surface area (Å²) in [5.74, 6) is 1.51. The standard InChI is InChI=1S/C26H34N2O3/c1-3-25(31-24-11-8-19-6-4-5-7-20(19)18-24)26(29)27-21-9-12-22(13-10-21)30-23-14-16-28(2)17-15-23/h8-13,18,23,25H,3-7,14-17H2,1-2H3,(H,27,29). The van der Waals surface area contributed by atoms with Gasteiger partial charge in [-0.15, -0.1) is 0 Å². The van der Waals surface area contributed by atoms with Crippen LogP contribution in [0, 0.1) is 0 Å². The summed E-state index contributed by atoms with van der Waals surface area (Å²) in [5, 5.41) is 2.99. The fourth-order valence-electron chi connectivity index (χ4n) is 4.40. The third-order valence-corrected chi connectivity index (χ3v) is 6.35. The van der Waals surface area contributed by atoms with Crippen molar-refractivity contribution in [3.63, 3.8) is 0 Å². The summed E-state index contributed by atoms with van der Waals surface area (Å²) < 4.78 is 12.1. The van der Waals surface area contributed by atoms with Gasteiger partial charge >= 0.3 is 0 Å². The summed E-state index contributed by atoms with van der Waals surface area (Å²) in [7, 11) is 2.15. The lowest BCUT2D eigenvalue weighted by atomic mass is 9.92. The van der Waals surface area contributed by atoms with E-state index in [-0.39, 0.29) is 12.0 Å². The second-order valence-electron chi connectivity index (χ2n) is 8.79. The zero-order valence-electron chi connectivity index (χ0n) is 18.7. The number of hydrogen-bond acceptors (Lipinski definition) is 4. The Morgan fingerprint density at radius 2 is 1.71 bits per heavy atom. The molecule has 2 aromatic carbocycles. The first-order valence-electron chi connectivity index (χ1n) is 11.7. The molecule has 31 heavy (non-hydrogen) atoms. The molecule has 0 bridgehead atoms. The molecule has 1 aliphatic heterocycles. The van der Waals surface area contributed by atoms with Crippen LogP contribution in [0.3, 0.4) is 0 Å². The highest BCUT2D eigenvalue weighted by Gasteiger charge is 2.21. The molecule has 5 heteroatoms. The van der Waals surface area contributed by atoms with E-state index in [1.807, 2.05) is 37.3 Å². The van der Waals surface area contributed by atoms with Gasteiger partial charge in [-0.25, -0.2) is 0 Å². The molecule has 5 nitrogen and oxygen atoms in total. The van der Waals surface area contributed by atoms with E-state index in [2.05, 4.69) is 29.4 Å². The van der Waals surface area contributed by atoms with Crippen LogP contribution in [-0.4, -0.2) is 43.2 Å². The van der Waals surface area contributed by atoms with Gasteiger partial charge in [-0.2, -0.15) is 0 Å². The van der Waals surface area contributed by atoms with Crippen molar-refractivity contribution in [2.24, 2.45) is 0 Å². The second-order valence-corrected chi connectivity index (χ2v) is 8.79. The molecule has 4 rings (SSSR count). The van der Waals surface area contributed by atoms with Crippen LogP contribution in [0.5, 0.6) is 11.5 Å². The van der Waals surface area contributed by atoms with Crippen LogP contribution in [-0.2, 0) is 17.6 Å². The first-order chi connectivity index (χ1) is 15.1. The average Bonchev–Trinajstić information content (AvgIpc) is 2.80. The molecule has 1 aliphatic carbocycles. The Bertz CT molecular complexity index is 873. The number of nitrogens with zero attached hydrogens (tertiary/aromatic N) is 1. The van der Waals surface area contributed by atoms with Crippen molar-refractivity contribution in [1.29, 1.82) is 0 Å². The van der Waals surface area contributed by atoms with E-state index in [0.29, 0.717) is 6.42 Å². The van der Waals surface area contributed by atoms with E-state index in [1.165, 1.54) is 24.0 Å². The third kappa shape index (κ3) is 5.79. The Morgan fingerprint density at radius 1 is 1.03 bits per heavy atom. The Kier molecular flexibility index (Phi) is 7.13. The van der Waals surface area contributed by atoms with Crippen LogP contribution in [0.1, 0.15) is 50.2 Å². The van der Waals surface area contributed by atoms with Crippen molar-refractivity contribution in [1.82, 2.24) is 4.90 Å². The number of anilines is 1. The fourth-order valence-corrected chi connectivity index (χ4v) is 4.40. The number of amides is 1. The summed E-state index contributed by atoms with van der Waals surface area (Å²) in [6, 6.07) is 13.9. The minimum Gasteiger partial charge on any atom is -0.490 e. The molecule has 2 aromatic rings. The number of ether oxygens (including phenoxy) is 2. The monoisotopic (exact) mass is 422 g/mol. The molecule has 166 valence electrons. The van der Waals surface area contributed by atoms with Gasteiger partial charge in [0.2, 0.25) is 0 Å². The van der Waals surface area contributed by atoms with E-state index < -0.39 is 6.10 Å². The topological polar surface area (TPSA) is 50.8 Å². The number of aryl methyl sites for hydroxylation is 2. The zero-order valence-corrected chi connectivity index (χ0v) is 18.7. The van der Waals surface area contributed by atoms with E-state index in [1.54, 1.807) is 0 Å². The van der Waals surface area contributed by atoms with Gasteiger partial charge in [-0.3, -0.25) is 4.79 Å². The first kappa shape index (κ1) is 21.7. The van der Waals surface area contributed by atoms with Gasteiger partial charge in [-0.1, -0.05) is 13.0 Å². The van der Waals surface area contributed by atoms with Crippen molar-refractivity contribution in [2.75, 3.05) is 25.5 Å². The summed E-state index contributed by atoms with van der Waals surface area (Å²) in [5.41, 5.74) is 3.53. The highest BCUT2D eigenvalue weighted by Crippen LogP contribution is 2.26. The van der Waals surface area contributed by atoms with Gasteiger partial charge < -0.3 is 19.7 Å². The number of piperidine rings is 1. The number of rotatable bonds is 7. The van der Waals surface area contributed by atoms with Crippen LogP contribution >= 0.6 is 0 Å². The maximum absolute atomic E-state index is 12.8. The molecule has 0 radical (unpaired) electrons. The molecule has 2 aliphatic rings. The number of carbonyl (C=O) groups is 1. The minimum absolute atomic E-state index is 0.121. The molecule has 1 saturated heterocycles. The normalized spacial score (nSPS) is 18.1. The summed E-state index contributed by atoms with van der Waals surface area (Å²) in [4.78, 5) is 15.1. The van der Waals surface area contributed by atoms with Gasteiger partial charge in [0.15, 0.2) is 6.10 Å². The number of likely N-dealkylation sites (tertiary alicyclic amines) is 1. The largest absolute Gasteiger partial charge is 0.490 e. The molecule has 1 atom stereocenters. The first-order valence-corrected chi connectivity index (χ1v) is 11.7. The van der Waals surface area contributed by atoms with Crippen LogP contribution in [0.2, 0.25) is 0 Å². The van der Waals surface area contributed by atoms with E-state index in [0.717, 1.165) is 56.0 Å². The number of nitrogens with one attached hydrogen (secondary N) is 1. The molecule has 1 N–H and O–H groups in total. The Balaban J connectivity index is 1.32. The van der Waals surface area contributed by atoms with Crippen molar-refractivity contribution in [2.45, 2.75) is 64.1 Å². The van der Waals surface area contributed by atoms with Crippen molar-refractivity contribution in [3.05, 3.63) is 53.6 Å². The molecular weight excluding hydrogens is 388 g/mol. The Hall–Kier alpha value is -2.53. The van der Waals surface area contributed by atoms with Crippen molar-refractivity contribution >= 4 is 11.6 Å². The van der Waals surface area contributed by atoms with Gasteiger partial charge in [0.25, 0.3) is 5.91 Å². The zero-order chi connectivity index (χ0) is 21.6. The Morgan fingerprint density at radius 3 is 2.42 bits per heavy atom. The van der Waals surface area contributed by atoms with E-state index in [4.69, 9.17) is 9.47 Å². The summed E-state index contributed by atoms with van der Waals surface area (Å²) >= 11 is 0. The van der Waals surface area contributed by atoms with Gasteiger partial charge in [0.1, 0.15) is 17.6 Å². The van der Waals surface area contributed by atoms with Crippen molar-refractivity contribution < 1.29 is 14.3 Å². The molecule has 0 spiro atoms. The quantitative estimate of drug-likeness (QED) is 0.694. The maximum atomic E-state index is 12.8. The fraction of sp³-hybridized carbons (Fsp3) is 0.500. The Labute approximate surface area is 185 Å². The van der Waals surface area contributed by atoms with E-state index >= 15 is 0 Å². The summed E-state index contributed by atoms with van der Waals surface area (Å²) in [6.45, 7) is 4.12. The van der Waals surface area contributed by atoms with Gasteiger partial charge in [0.05, 0.1) is 0 Å². The van der Waals surface area contributed by atoms with Crippen LogP contribution in [0.25, 0.3) is 0 Å². The highest BCUT2D eigenvalue weighted by atomic mass is 16.5. The highest BCUT2D eigenvalue weighted by molar-refractivity contribution is 5.94. The van der Waals surface area contributed by atoms with Gasteiger partial charge in [0, 0.05) is 18.8 Å². The average molecular weight is 423 g/mol. The molecule has 1 heterocycles. The predicted molar refractivity (Wildman–Crippen MR) is 124 cm³/mol. The third-order valence-electron chi connectivity index (χ3n) is 6.35. The molecule has 1 fully saturated rings. The maximum Gasteiger partial charge on any atom is 0.265 e. The van der Waals surface area contributed by atoms with E-state index in [9.17, 15) is 4.79 Å². The second kappa shape index (κ2) is 10.2. The lowest BCUT2D eigenvalue weighted by Gasteiger charge is -2.29. The van der Waals surface area contributed by atoms with Crippen LogP contribution in [0.4, 0.5) is 5.69 Å². The minimum atomic E-state index is -0.517. The SMILES string of the molecule is CCC(Oc1ccc2c(c1)CCCC2)C(=O)Nc1ccc(OC2CCN(C)CC2)cc1. The number of benzene rings is 2. The lowest BCUT2D eigenvalue weighted by Crippen LogP contribution is -2.35. The molecule has 1 unspecified atom stereocenters. The van der Waals surface area contributed by atoms with Crippen molar-refractivity contribution in [3.8, 4) is 11.5 Å². The molecule has 1 amide bonds. The number of hydrogen-bond donors (Lipinski definition) is 1. The molecule has 0 saturated carbocycles. The number of carbonyl (C=O) groups excluding carboxylic acids is 1. The smallest absolute Gasteiger partial charge is 0.265 e. The predicted octanol–water partition coefficient (Wildman–Crippen LogP) is 4.83. The summed E-state index contributed by atoms with van der Waals surface area (Å²) in [6.07, 6.45) is 7.19. The molecule has 0 aromatic heterocycles. The van der Waals surface area contributed by atoms with Gasteiger partial charge in [-0.05, 0) is 99.5 Å². The number of fused-ring (bicyclic) bond motifs is 1. The molecular formula is C26H34N2O3. The lowest BCUT2D eigenvalue weighted by molar-refractivity contribution is -0.122. The van der Waals surface area contributed by atoms with Crippen LogP contribution < -0.4 is 14.8 Å². The van der Waals surface area contributed by atoms with Crippen LogP contribution in [0.15, 0.2) is 42.5 Å².